The molecule has 1 amide bonds. The van der Waals surface area contributed by atoms with Crippen LogP contribution in [0.1, 0.15) is 32.7 Å². The van der Waals surface area contributed by atoms with Crippen molar-refractivity contribution >= 4 is 23.1 Å². The number of para-hydroxylation sites is 1. The van der Waals surface area contributed by atoms with Gasteiger partial charge in [0.2, 0.25) is 0 Å². The molecule has 2 N–H and O–H groups in total. The molecule has 1 aliphatic carbocycles. The molecule has 1 aliphatic rings. The molecule has 0 radical (unpaired) electrons. The minimum atomic E-state index is -0.234. The second-order valence-corrected chi connectivity index (χ2v) is 8.40. The van der Waals surface area contributed by atoms with Crippen LogP contribution < -0.4 is 15.4 Å². The summed E-state index contributed by atoms with van der Waals surface area (Å²) in [5.74, 6) is 0.578. The number of Topliss-reactive ketones (excluding diaryl/α,β-unsaturated/α-hetero) is 1. The molecule has 0 atom stereocenters. The summed E-state index contributed by atoms with van der Waals surface area (Å²) in [6.07, 6.45) is 1.09. The number of nitrogens with one attached hydrogen (secondary N) is 2. The molecule has 6 heteroatoms. The van der Waals surface area contributed by atoms with Gasteiger partial charge in [0.1, 0.15) is 5.75 Å². The van der Waals surface area contributed by atoms with Gasteiger partial charge in [-0.1, -0.05) is 24.3 Å². The van der Waals surface area contributed by atoms with Crippen LogP contribution in [0.5, 0.6) is 5.75 Å². The Kier molecular flexibility index (Phi) is 6.75. The number of ether oxygens (including phenoxy) is 1. The lowest BCUT2D eigenvalue weighted by Crippen LogP contribution is -2.20. The van der Waals surface area contributed by atoms with Crippen LogP contribution in [-0.2, 0) is 6.42 Å². The van der Waals surface area contributed by atoms with E-state index in [4.69, 9.17) is 4.74 Å². The molecule has 170 valence electrons. The van der Waals surface area contributed by atoms with Crippen molar-refractivity contribution in [2.24, 2.45) is 0 Å². The minimum absolute atomic E-state index is 0.0532. The molecule has 3 aromatic carbocycles. The highest BCUT2D eigenvalue weighted by Crippen LogP contribution is 2.40. The van der Waals surface area contributed by atoms with Crippen molar-refractivity contribution in [2.75, 3.05) is 44.9 Å². The molecule has 33 heavy (non-hydrogen) atoms. The van der Waals surface area contributed by atoms with Gasteiger partial charge in [0.15, 0.2) is 5.78 Å². The van der Waals surface area contributed by atoms with E-state index in [0.717, 1.165) is 41.2 Å². The normalized spacial score (nSPS) is 12.5. The first-order valence-electron chi connectivity index (χ1n) is 11.1. The first kappa shape index (κ1) is 22.6. The van der Waals surface area contributed by atoms with Crippen molar-refractivity contribution in [2.45, 2.75) is 12.8 Å². The van der Waals surface area contributed by atoms with Crippen molar-refractivity contribution in [3.63, 3.8) is 0 Å². The summed E-state index contributed by atoms with van der Waals surface area (Å²) in [6, 6.07) is 18.9. The van der Waals surface area contributed by atoms with E-state index in [2.05, 4.69) is 15.5 Å². The van der Waals surface area contributed by atoms with Gasteiger partial charge in [0, 0.05) is 41.9 Å². The lowest BCUT2D eigenvalue weighted by molar-refractivity contribution is 0.0995. The maximum atomic E-state index is 12.9. The molecule has 0 aliphatic heterocycles. The summed E-state index contributed by atoms with van der Waals surface area (Å²) in [7, 11) is 5.70. The minimum Gasteiger partial charge on any atom is -0.496 e. The Labute approximate surface area is 194 Å². The molecule has 0 unspecified atom stereocenters. The fraction of sp³-hybridized carbons (Fsp3) is 0.259. The van der Waals surface area contributed by atoms with Crippen molar-refractivity contribution in [3.8, 4) is 16.9 Å². The molecular formula is C27H29N3O3. The van der Waals surface area contributed by atoms with Gasteiger partial charge in [-0.2, -0.15) is 0 Å². The third-order valence-corrected chi connectivity index (χ3v) is 5.87. The smallest absolute Gasteiger partial charge is 0.255 e. The summed E-state index contributed by atoms with van der Waals surface area (Å²) >= 11 is 0. The number of rotatable bonds is 8. The Morgan fingerprint density at radius 2 is 1.73 bits per heavy atom. The molecule has 6 nitrogen and oxygen atoms in total. The highest BCUT2D eigenvalue weighted by atomic mass is 16.5. The second-order valence-electron chi connectivity index (χ2n) is 8.40. The number of anilines is 2. The number of fused-ring (bicyclic) bond motifs is 1. The third-order valence-electron chi connectivity index (χ3n) is 5.87. The number of amides is 1. The van der Waals surface area contributed by atoms with Gasteiger partial charge in [0.05, 0.1) is 12.8 Å². The summed E-state index contributed by atoms with van der Waals surface area (Å²) < 4.78 is 5.52. The van der Waals surface area contributed by atoms with Crippen LogP contribution in [-0.4, -0.2) is 50.9 Å². The maximum Gasteiger partial charge on any atom is 0.255 e. The monoisotopic (exact) mass is 443 g/mol. The number of benzene rings is 3. The molecule has 0 bridgehead atoms. The number of methoxy groups -OCH3 is 1. The van der Waals surface area contributed by atoms with Crippen LogP contribution >= 0.6 is 0 Å². The summed E-state index contributed by atoms with van der Waals surface area (Å²) in [5.41, 5.74) is 5.55. The van der Waals surface area contributed by atoms with Gasteiger partial charge in [-0.25, -0.2) is 0 Å². The number of ketones is 1. The quantitative estimate of drug-likeness (QED) is 0.527. The zero-order valence-corrected chi connectivity index (χ0v) is 19.3. The lowest BCUT2D eigenvalue weighted by atomic mass is 9.95. The summed E-state index contributed by atoms with van der Waals surface area (Å²) in [4.78, 5) is 27.8. The van der Waals surface area contributed by atoms with E-state index in [9.17, 15) is 9.59 Å². The number of hydrogen-bond acceptors (Lipinski definition) is 5. The Balaban J connectivity index is 1.56. The van der Waals surface area contributed by atoms with Crippen LogP contribution in [0.2, 0.25) is 0 Å². The zero-order chi connectivity index (χ0) is 23.4. The second kappa shape index (κ2) is 9.88. The van der Waals surface area contributed by atoms with Gasteiger partial charge >= 0.3 is 0 Å². The van der Waals surface area contributed by atoms with Gasteiger partial charge in [-0.05, 0) is 68.0 Å². The van der Waals surface area contributed by atoms with Gasteiger partial charge in [-0.3, -0.25) is 9.59 Å². The van der Waals surface area contributed by atoms with Crippen LogP contribution in [0.25, 0.3) is 11.1 Å². The average Bonchev–Trinajstić information content (AvgIpc) is 3.21. The van der Waals surface area contributed by atoms with E-state index < -0.39 is 0 Å². The van der Waals surface area contributed by atoms with Crippen LogP contribution in [0.4, 0.5) is 11.4 Å². The van der Waals surface area contributed by atoms with Crippen LogP contribution in [0, 0.1) is 0 Å². The van der Waals surface area contributed by atoms with E-state index in [1.807, 2.05) is 62.6 Å². The number of nitrogens with zero attached hydrogens (tertiary/aromatic N) is 1. The maximum absolute atomic E-state index is 12.9. The van der Waals surface area contributed by atoms with Crippen molar-refractivity contribution in [3.05, 3.63) is 77.4 Å². The first-order valence-corrected chi connectivity index (χ1v) is 11.1. The van der Waals surface area contributed by atoms with E-state index in [1.54, 1.807) is 19.2 Å². The molecule has 4 rings (SSSR count). The van der Waals surface area contributed by atoms with Gasteiger partial charge in [-0.15, -0.1) is 0 Å². The Hall–Kier alpha value is -3.64. The summed E-state index contributed by atoms with van der Waals surface area (Å²) in [6.45, 7) is 1.75. The summed E-state index contributed by atoms with van der Waals surface area (Å²) in [5, 5.41) is 6.29. The number of hydrogen-bond donors (Lipinski definition) is 2. The van der Waals surface area contributed by atoms with E-state index in [-0.39, 0.29) is 11.7 Å². The fourth-order valence-corrected chi connectivity index (χ4v) is 4.17. The van der Waals surface area contributed by atoms with Gasteiger partial charge in [0.25, 0.3) is 5.91 Å². The number of likely N-dealkylation sites (N-methyl/N-ethyl adjacent to an activating group) is 1. The molecule has 0 saturated heterocycles. The largest absolute Gasteiger partial charge is 0.496 e. The van der Waals surface area contributed by atoms with Gasteiger partial charge < -0.3 is 20.3 Å². The van der Waals surface area contributed by atoms with Crippen molar-refractivity contribution in [1.29, 1.82) is 0 Å². The topological polar surface area (TPSA) is 70.7 Å². The van der Waals surface area contributed by atoms with E-state index in [1.165, 1.54) is 0 Å². The Bertz CT molecular complexity index is 1170. The van der Waals surface area contributed by atoms with Crippen molar-refractivity contribution in [1.82, 2.24) is 4.90 Å². The van der Waals surface area contributed by atoms with E-state index >= 15 is 0 Å². The molecule has 0 heterocycles. The SMILES string of the molecule is COc1ccccc1-c1ccc(NC(=O)c2ccc(NCCN(C)C)cc2)c2c1CCC2=O. The molecule has 0 spiro atoms. The molecular weight excluding hydrogens is 414 g/mol. The average molecular weight is 444 g/mol. The van der Waals surface area contributed by atoms with Crippen LogP contribution in [0.15, 0.2) is 60.7 Å². The first-order chi connectivity index (χ1) is 16.0. The predicted molar refractivity (Wildman–Crippen MR) is 133 cm³/mol. The standard InChI is InChI=1S/C27H29N3O3/c1-30(2)17-16-28-19-10-8-18(9-11-19)27(32)29-23-14-12-20(22-13-15-24(31)26(22)23)21-6-4-5-7-25(21)33-3/h4-12,14,28H,13,15-17H2,1-3H3,(H,29,32). The number of carbonyl (C=O) groups excluding carboxylic acids is 2. The molecule has 3 aromatic rings. The molecule has 0 aromatic heterocycles. The Morgan fingerprint density at radius 3 is 2.45 bits per heavy atom. The van der Waals surface area contributed by atoms with E-state index in [0.29, 0.717) is 29.7 Å². The third kappa shape index (κ3) is 4.91. The highest BCUT2D eigenvalue weighted by molar-refractivity contribution is 6.12. The lowest BCUT2D eigenvalue weighted by Gasteiger charge is -2.16. The fourth-order valence-electron chi connectivity index (χ4n) is 4.17. The predicted octanol–water partition coefficient (Wildman–Crippen LogP) is 4.72. The zero-order valence-electron chi connectivity index (χ0n) is 19.3. The molecule has 0 fully saturated rings. The highest BCUT2D eigenvalue weighted by Gasteiger charge is 2.27. The van der Waals surface area contributed by atoms with Crippen molar-refractivity contribution < 1.29 is 14.3 Å². The Morgan fingerprint density at radius 1 is 0.970 bits per heavy atom. The molecule has 0 saturated carbocycles. The number of carbonyl (C=O) groups is 2. The van der Waals surface area contributed by atoms with Crippen LogP contribution in [0.3, 0.4) is 0 Å².